The van der Waals surface area contributed by atoms with Crippen molar-refractivity contribution in [3.8, 4) is 0 Å². The van der Waals surface area contributed by atoms with E-state index >= 15 is 0 Å². The summed E-state index contributed by atoms with van der Waals surface area (Å²) >= 11 is 5.81. The van der Waals surface area contributed by atoms with E-state index in [1.165, 1.54) is 12.1 Å². The molecule has 0 fully saturated rings. The summed E-state index contributed by atoms with van der Waals surface area (Å²) in [5.41, 5.74) is 1.39. The summed E-state index contributed by atoms with van der Waals surface area (Å²) < 4.78 is 14.9. The Morgan fingerprint density at radius 2 is 2.25 bits per heavy atom. The molecule has 0 aliphatic rings. The summed E-state index contributed by atoms with van der Waals surface area (Å²) in [4.78, 5) is 8.55. The molecule has 0 radical (unpaired) electrons. The summed E-state index contributed by atoms with van der Waals surface area (Å²) in [5.74, 6) is 0.700. The first-order valence-electron chi connectivity index (χ1n) is 4.77. The van der Waals surface area contributed by atoms with Crippen LogP contribution in [-0.2, 0) is 5.88 Å². The Morgan fingerprint density at radius 3 is 3.06 bits per heavy atom. The molecule has 0 saturated carbocycles. The molecule has 16 heavy (non-hydrogen) atoms. The van der Waals surface area contributed by atoms with E-state index in [1.807, 2.05) is 0 Å². The molecule has 0 amide bonds. The lowest BCUT2D eigenvalue weighted by Gasteiger charge is -2.04. The van der Waals surface area contributed by atoms with Gasteiger partial charge in [0.2, 0.25) is 0 Å². The highest BCUT2D eigenvalue weighted by atomic mass is 35.5. The first-order chi connectivity index (χ1) is 7.79. The molecule has 0 aliphatic carbocycles. The number of halogens is 2. The van der Waals surface area contributed by atoms with Gasteiger partial charge in [0.05, 0.1) is 11.4 Å². The summed E-state index contributed by atoms with van der Waals surface area (Å²) in [6, 6.07) is 4.45. The van der Waals surface area contributed by atoms with E-state index in [0.29, 0.717) is 28.3 Å². The molecule has 0 bridgehead atoms. The van der Waals surface area contributed by atoms with Gasteiger partial charge in [-0.05, 0) is 18.2 Å². The summed E-state index contributed by atoms with van der Waals surface area (Å²) in [6.45, 7) is 0. The fourth-order valence-electron chi connectivity index (χ4n) is 1.78. The van der Waals surface area contributed by atoms with Crippen molar-refractivity contribution in [1.82, 2.24) is 14.4 Å². The average molecular weight is 236 g/mol. The molecule has 0 N–H and O–H groups in total. The van der Waals surface area contributed by atoms with Crippen molar-refractivity contribution < 1.29 is 4.39 Å². The van der Waals surface area contributed by atoms with E-state index in [-0.39, 0.29) is 5.82 Å². The normalized spacial score (nSPS) is 11.4. The van der Waals surface area contributed by atoms with Crippen molar-refractivity contribution in [2.75, 3.05) is 0 Å². The first kappa shape index (κ1) is 9.54. The highest BCUT2D eigenvalue weighted by Crippen LogP contribution is 2.20. The van der Waals surface area contributed by atoms with Crippen molar-refractivity contribution in [2.24, 2.45) is 0 Å². The van der Waals surface area contributed by atoms with Crippen molar-refractivity contribution in [3.63, 3.8) is 0 Å². The molecule has 1 aromatic carbocycles. The number of benzene rings is 1. The zero-order valence-corrected chi connectivity index (χ0v) is 8.95. The van der Waals surface area contributed by atoms with Gasteiger partial charge in [-0.1, -0.05) is 0 Å². The molecular formula is C11H7ClFN3. The van der Waals surface area contributed by atoms with Gasteiger partial charge in [-0.15, -0.1) is 11.6 Å². The van der Waals surface area contributed by atoms with Gasteiger partial charge in [0.1, 0.15) is 17.3 Å². The minimum Gasteiger partial charge on any atom is -0.286 e. The monoisotopic (exact) mass is 235 g/mol. The third kappa shape index (κ3) is 1.27. The van der Waals surface area contributed by atoms with Crippen LogP contribution >= 0.6 is 11.6 Å². The van der Waals surface area contributed by atoms with E-state index in [2.05, 4.69) is 9.97 Å². The molecule has 3 nitrogen and oxygen atoms in total. The molecule has 0 unspecified atom stereocenters. The van der Waals surface area contributed by atoms with Gasteiger partial charge in [-0.3, -0.25) is 4.40 Å². The Hall–Kier alpha value is -1.68. The maximum absolute atomic E-state index is 13.2. The smallest absolute Gasteiger partial charge is 0.147 e. The zero-order valence-electron chi connectivity index (χ0n) is 8.19. The highest BCUT2D eigenvalue weighted by molar-refractivity contribution is 6.16. The third-order valence-corrected chi connectivity index (χ3v) is 2.73. The van der Waals surface area contributed by atoms with Crippen LogP contribution in [0.2, 0.25) is 0 Å². The first-order valence-corrected chi connectivity index (χ1v) is 5.30. The van der Waals surface area contributed by atoms with Gasteiger partial charge < -0.3 is 0 Å². The number of alkyl halides is 1. The van der Waals surface area contributed by atoms with Crippen LogP contribution in [0.15, 0.2) is 30.6 Å². The highest BCUT2D eigenvalue weighted by Gasteiger charge is 2.08. The second-order valence-electron chi connectivity index (χ2n) is 3.44. The Bertz CT molecular complexity index is 677. The minimum atomic E-state index is -0.294. The number of rotatable bonds is 1. The van der Waals surface area contributed by atoms with Gasteiger partial charge in [0, 0.05) is 17.8 Å². The van der Waals surface area contributed by atoms with Gasteiger partial charge in [-0.2, -0.15) is 0 Å². The van der Waals surface area contributed by atoms with Gasteiger partial charge in [0.25, 0.3) is 0 Å². The molecule has 0 aliphatic heterocycles. The number of imidazole rings is 1. The predicted molar refractivity (Wildman–Crippen MR) is 60.0 cm³/mol. The minimum absolute atomic E-state index is 0.292. The Morgan fingerprint density at radius 1 is 1.38 bits per heavy atom. The molecule has 5 heteroatoms. The second-order valence-corrected chi connectivity index (χ2v) is 3.71. The Labute approximate surface area is 95.5 Å². The standard InChI is InChI=1S/C11H7ClFN3/c12-6-10-15-9-2-1-7(13)5-8(9)11-14-3-4-16(10)11/h1-5H,6H2. The topological polar surface area (TPSA) is 30.2 Å². The number of hydrogen-bond acceptors (Lipinski definition) is 2. The largest absolute Gasteiger partial charge is 0.286 e. The van der Waals surface area contributed by atoms with Crippen molar-refractivity contribution >= 4 is 28.2 Å². The SMILES string of the molecule is Fc1ccc2nc(CCl)n3ccnc3c2c1. The lowest BCUT2D eigenvalue weighted by Crippen LogP contribution is -1.99. The van der Waals surface area contributed by atoms with Crippen molar-refractivity contribution in [3.05, 3.63) is 42.2 Å². The molecule has 3 rings (SSSR count). The van der Waals surface area contributed by atoms with Gasteiger partial charge in [-0.25, -0.2) is 14.4 Å². The van der Waals surface area contributed by atoms with Crippen molar-refractivity contribution in [2.45, 2.75) is 5.88 Å². The molecule has 0 atom stereocenters. The maximum Gasteiger partial charge on any atom is 0.147 e. The zero-order chi connectivity index (χ0) is 11.1. The van der Waals surface area contributed by atoms with Crippen LogP contribution in [0, 0.1) is 5.82 Å². The van der Waals surface area contributed by atoms with E-state index < -0.39 is 0 Å². The molecule has 0 saturated heterocycles. The summed E-state index contributed by atoms with van der Waals surface area (Å²) in [6.07, 6.45) is 3.42. The molecule has 80 valence electrons. The fourth-order valence-corrected chi connectivity index (χ4v) is 1.97. The third-order valence-electron chi connectivity index (χ3n) is 2.49. The van der Waals surface area contributed by atoms with Crippen LogP contribution < -0.4 is 0 Å². The quantitative estimate of drug-likeness (QED) is 0.607. The summed E-state index contributed by atoms with van der Waals surface area (Å²) in [7, 11) is 0. The molecule has 2 aromatic heterocycles. The van der Waals surface area contributed by atoms with Crippen LogP contribution in [0.1, 0.15) is 5.82 Å². The molecule has 2 heterocycles. The maximum atomic E-state index is 13.2. The lowest BCUT2D eigenvalue weighted by molar-refractivity contribution is 0.629. The number of aromatic nitrogens is 3. The molecular weight excluding hydrogens is 229 g/mol. The van der Waals surface area contributed by atoms with Crippen LogP contribution in [0.4, 0.5) is 4.39 Å². The average Bonchev–Trinajstić information content (AvgIpc) is 2.77. The molecule has 0 spiro atoms. The number of nitrogens with zero attached hydrogens (tertiary/aromatic N) is 3. The van der Waals surface area contributed by atoms with Crippen LogP contribution in [0.3, 0.4) is 0 Å². The Balaban J connectivity index is 2.54. The Kier molecular flexibility index (Phi) is 2.04. The predicted octanol–water partition coefficient (Wildman–Crippen LogP) is 2.76. The van der Waals surface area contributed by atoms with E-state index in [0.717, 1.165) is 0 Å². The van der Waals surface area contributed by atoms with E-state index in [4.69, 9.17) is 11.6 Å². The van der Waals surface area contributed by atoms with Gasteiger partial charge >= 0.3 is 0 Å². The van der Waals surface area contributed by atoms with Crippen LogP contribution in [0.25, 0.3) is 16.6 Å². The van der Waals surface area contributed by atoms with Crippen LogP contribution in [-0.4, -0.2) is 14.4 Å². The number of hydrogen-bond donors (Lipinski definition) is 0. The van der Waals surface area contributed by atoms with Gasteiger partial charge in [0.15, 0.2) is 0 Å². The van der Waals surface area contributed by atoms with Crippen LogP contribution in [0.5, 0.6) is 0 Å². The lowest BCUT2D eigenvalue weighted by atomic mass is 10.2. The second kappa shape index (κ2) is 3.42. The molecule has 3 aromatic rings. The van der Waals surface area contributed by atoms with E-state index in [1.54, 1.807) is 22.9 Å². The summed E-state index contributed by atoms with van der Waals surface area (Å²) in [5, 5.41) is 0.693. The number of fused-ring (bicyclic) bond motifs is 3. The van der Waals surface area contributed by atoms with E-state index in [9.17, 15) is 4.39 Å². The fraction of sp³-hybridized carbons (Fsp3) is 0.0909. The van der Waals surface area contributed by atoms with Crippen molar-refractivity contribution in [1.29, 1.82) is 0 Å².